The maximum absolute atomic E-state index is 12.0. The van der Waals surface area contributed by atoms with E-state index in [-0.39, 0.29) is 5.91 Å². The summed E-state index contributed by atoms with van der Waals surface area (Å²) < 4.78 is 0.853. The molecule has 2 rings (SSSR count). The van der Waals surface area contributed by atoms with Crippen LogP contribution in [0, 0.1) is 0 Å². The largest absolute Gasteiger partial charge is 0.373 e. The highest BCUT2D eigenvalue weighted by Crippen LogP contribution is 2.25. The number of nitrogens with one attached hydrogen (secondary N) is 2. The first kappa shape index (κ1) is 13.8. The van der Waals surface area contributed by atoms with E-state index in [2.05, 4.69) is 31.5 Å². The monoisotopic (exact) mass is 339 g/mol. The van der Waals surface area contributed by atoms with Crippen LogP contribution in [0.3, 0.4) is 0 Å². The Labute approximate surface area is 124 Å². The van der Waals surface area contributed by atoms with Crippen LogP contribution >= 0.6 is 27.5 Å². The Morgan fingerprint density at radius 1 is 1.32 bits per heavy atom. The molecule has 0 fully saturated rings. The summed E-state index contributed by atoms with van der Waals surface area (Å²) in [4.78, 5) is 16.2. The maximum Gasteiger partial charge on any atom is 0.274 e. The summed E-state index contributed by atoms with van der Waals surface area (Å²) in [5.74, 6) is 0.330. The van der Waals surface area contributed by atoms with Crippen molar-refractivity contribution < 1.29 is 4.79 Å². The molecule has 2 N–H and O–H groups in total. The lowest BCUT2D eigenvalue weighted by Gasteiger charge is -2.08. The number of halogens is 2. The van der Waals surface area contributed by atoms with E-state index in [1.807, 2.05) is 0 Å². The van der Waals surface area contributed by atoms with Crippen LogP contribution in [-0.2, 0) is 0 Å². The molecule has 0 radical (unpaired) electrons. The van der Waals surface area contributed by atoms with Crippen molar-refractivity contribution in [3.8, 4) is 0 Å². The van der Waals surface area contributed by atoms with Crippen molar-refractivity contribution in [1.29, 1.82) is 0 Å². The molecular formula is C13H11BrClN3O. The van der Waals surface area contributed by atoms with Gasteiger partial charge < -0.3 is 10.6 Å². The van der Waals surface area contributed by atoms with Crippen molar-refractivity contribution >= 4 is 44.9 Å². The van der Waals surface area contributed by atoms with E-state index in [9.17, 15) is 4.79 Å². The lowest BCUT2D eigenvalue weighted by molar-refractivity contribution is 0.102. The summed E-state index contributed by atoms with van der Waals surface area (Å²) in [6.45, 7) is 0. The predicted octanol–water partition coefficient (Wildman–Crippen LogP) is 3.79. The van der Waals surface area contributed by atoms with Gasteiger partial charge in [0.1, 0.15) is 11.5 Å². The van der Waals surface area contributed by atoms with Crippen LogP contribution in [0.2, 0.25) is 5.02 Å². The first-order valence-electron chi connectivity index (χ1n) is 5.51. The second-order valence-corrected chi connectivity index (χ2v) is 5.06. The normalized spacial score (nSPS) is 10.1. The second kappa shape index (κ2) is 6.04. The van der Waals surface area contributed by atoms with Crippen molar-refractivity contribution in [3.05, 3.63) is 51.6 Å². The van der Waals surface area contributed by atoms with Gasteiger partial charge in [-0.25, -0.2) is 4.98 Å². The molecule has 2 aromatic rings. The van der Waals surface area contributed by atoms with Gasteiger partial charge in [-0.1, -0.05) is 33.6 Å². The molecule has 0 bridgehead atoms. The smallest absolute Gasteiger partial charge is 0.274 e. The van der Waals surface area contributed by atoms with E-state index in [1.165, 1.54) is 0 Å². The number of rotatable bonds is 3. The van der Waals surface area contributed by atoms with E-state index in [1.54, 1.807) is 43.4 Å². The second-order valence-electron chi connectivity index (χ2n) is 3.74. The van der Waals surface area contributed by atoms with E-state index >= 15 is 0 Å². The molecule has 19 heavy (non-hydrogen) atoms. The molecule has 1 aromatic carbocycles. The highest BCUT2D eigenvalue weighted by Gasteiger charge is 2.10. The molecule has 4 nitrogen and oxygen atoms in total. The summed E-state index contributed by atoms with van der Waals surface area (Å²) in [7, 11) is 1.75. The van der Waals surface area contributed by atoms with Crippen LogP contribution in [0.25, 0.3) is 0 Å². The SMILES string of the molecule is CNc1cccc(C(=O)Nc2ccc(Br)cc2Cl)n1. The van der Waals surface area contributed by atoms with Gasteiger partial charge in [-0.15, -0.1) is 0 Å². The van der Waals surface area contributed by atoms with Gasteiger partial charge in [-0.2, -0.15) is 0 Å². The van der Waals surface area contributed by atoms with E-state index in [0.29, 0.717) is 22.2 Å². The first-order valence-corrected chi connectivity index (χ1v) is 6.68. The Morgan fingerprint density at radius 2 is 2.11 bits per heavy atom. The van der Waals surface area contributed by atoms with Crippen LogP contribution in [0.1, 0.15) is 10.5 Å². The highest BCUT2D eigenvalue weighted by molar-refractivity contribution is 9.10. The van der Waals surface area contributed by atoms with Crippen molar-refractivity contribution in [1.82, 2.24) is 4.98 Å². The van der Waals surface area contributed by atoms with Crippen molar-refractivity contribution in [2.75, 3.05) is 17.7 Å². The van der Waals surface area contributed by atoms with Crippen LogP contribution in [0.4, 0.5) is 11.5 Å². The number of nitrogens with zero attached hydrogens (tertiary/aromatic N) is 1. The average molecular weight is 341 g/mol. The number of aromatic nitrogens is 1. The fourth-order valence-electron chi connectivity index (χ4n) is 1.48. The van der Waals surface area contributed by atoms with Gasteiger partial charge in [-0.3, -0.25) is 4.79 Å². The molecule has 98 valence electrons. The number of hydrogen-bond donors (Lipinski definition) is 2. The minimum Gasteiger partial charge on any atom is -0.373 e. The molecule has 0 aliphatic rings. The molecule has 1 amide bonds. The Balaban J connectivity index is 2.20. The van der Waals surface area contributed by atoms with Gasteiger partial charge in [0.25, 0.3) is 5.91 Å². The third-order valence-electron chi connectivity index (χ3n) is 2.42. The lowest BCUT2D eigenvalue weighted by atomic mass is 10.3. The van der Waals surface area contributed by atoms with Crippen molar-refractivity contribution in [2.45, 2.75) is 0 Å². The highest BCUT2D eigenvalue weighted by atomic mass is 79.9. The zero-order valence-electron chi connectivity index (χ0n) is 10.1. The number of carbonyl (C=O) groups excluding carboxylic acids is 1. The van der Waals surface area contributed by atoms with Gasteiger partial charge in [0.15, 0.2) is 0 Å². The minimum atomic E-state index is -0.304. The minimum absolute atomic E-state index is 0.304. The molecule has 0 unspecified atom stereocenters. The van der Waals surface area contributed by atoms with Crippen LogP contribution in [0.15, 0.2) is 40.9 Å². The predicted molar refractivity (Wildman–Crippen MR) is 80.9 cm³/mol. The third-order valence-corrected chi connectivity index (χ3v) is 3.22. The molecule has 6 heteroatoms. The fourth-order valence-corrected chi connectivity index (χ4v) is 2.20. The standard InChI is InChI=1S/C13H11BrClN3O/c1-16-12-4-2-3-11(17-12)13(19)18-10-6-5-8(14)7-9(10)15/h2-7H,1H3,(H,16,17)(H,18,19). The van der Waals surface area contributed by atoms with E-state index < -0.39 is 0 Å². The zero-order valence-corrected chi connectivity index (χ0v) is 12.4. The van der Waals surface area contributed by atoms with E-state index in [0.717, 1.165) is 4.47 Å². The van der Waals surface area contributed by atoms with Crippen LogP contribution in [-0.4, -0.2) is 17.9 Å². The number of benzene rings is 1. The maximum atomic E-state index is 12.0. The lowest BCUT2D eigenvalue weighted by Crippen LogP contribution is -2.14. The summed E-state index contributed by atoms with van der Waals surface area (Å²) >= 11 is 9.35. The Morgan fingerprint density at radius 3 is 2.79 bits per heavy atom. The summed E-state index contributed by atoms with van der Waals surface area (Å²) in [5, 5.41) is 6.07. The van der Waals surface area contributed by atoms with Gasteiger partial charge >= 0.3 is 0 Å². The summed E-state index contributed by atoms with van der Waals surface area (Å²) in [5.41, 5.74) is 0.873. The van der Waals surface area contributed by atoms with Crippen molar-refractivity contribution in [2.24, 2.45) is 0 Å². The third kappa shape index (κ3) is 3.45. The fraction of sp³-hybridized carbons (Fsp3) is 0.0769. The van der Waals surface area contributed by atoms with Crippen LogP contribution < -0.4 is 10.6 Å². The Kier molecular flexibility index (Phi) is 4.39. The van der Waals surface area contributed by atoms with E-state index in [4.69, 9.17) is 11.6 Å². The number of amides is 1. The average Bonchev–Trinajstić information content (AvgIpc) is 2.42. The molecule has 1 aromatic heterocycles. The van der Waals surface area contributed by atoms with Gasteiger partial charge in [-0.05, 0) is 30.3 Å². The first-order chi connectivity index (χ1) is 9.10. The number of pyridine rings is 1. The molecule has 0 atom stereocenters. The van der Waals surface area contributed by atoms with Gasteiger partial charge in [0.2, 0.25) is 0 Å². The van der Waals surface area contributed by atoms with Gasteiger partial charge in [0.05, 0.1) is 10.7 Å². The zero-order chi connectivity index (χ0) is 13.8. The molecule has 0 saturated carbocycles. The summed E-state index contributed by atoms with van der Waals surface area (Å²) in [6.07, 6.45) is 0. The van der Waals surface area contributed by atoms with Crippen LogP contribution in [0.5, 0.6) is 0 Å². The molecule has 0 aliphatic carbocycles. The number of carbonyl (C=O) groups is 1. The molecule has 0 spiro atoms. The molecular weight excluding hydrogens is 330 g/mol. The quantitative estimate of drug-likeness (QED) is 0.894. The molecule has 0 saturated heterocycles. The Hall–Kier alpha value is -1.59. The number of hydrogen-bond acceptors (Lipinski definition) is 3. The number of anilines is 2. The summed E-state index contributed by atoms with van der Waals surface area (Å²) in [6, 6.07) is 10.4. The molecule has 1 heterocycles. The molecule has 0 aliphatic heterocycles. The Bertz CT molecular complexity index is 619. The van der Waals surface area contributed by atoms with Crippen molar-refractivity contribution in [3.63, 3.8) is 0 Å². The van der Waals surface area contributed by atoms with Gasteiger partial charge in [0, 0.05) is 11.5 Å². The topological polar surface area (TPSA) is 54.0 Å².